The van der Waals surface area contributed by atoms with Crippen LogP contribution in [-0.2, 0) is 0 Å². The standard InChI is InChI=1S/C14H14ClFN4OS/c1-22-14-17-10-8-12(19-14)20-5-3-2-4-7(20)6-21-13(8)18-11(15)9(10)16/h7H,2-6H2,1H3/t7-/m0/s1. The van der Waals surface area contributed by atoms with Crippen LogP contribution in [0.15, 0.2) is 5.16 Å². The second-order valence-corrected chi connectivity index (χ2v) is 6.56. The Morgan fingerprint density at radius 2 is 2.18 bits per heavy atom. The summed E-state index contributed by atoms with van der Waals surface area (Å²) in [6.07, 6.45) is 5.16. The highest BCUT2D eigenvalue weighted by atomic mass is 35.5. The van der Waals surface area contributed by atoms with Crippen LogP contribution < -0.4 is 9.64 Å². The molecule has 2 aromatic rings. The van der Waals surface area contributed by atoms with E-state index in [0.717, 1.165) is 31.6 Å². The number of anilines is 1. The molecule has 5 nitrogen and oxygen atoms in total. The van der Waals surface area contributed by atoms with Gasteiger partial charge in [-0.25, -0.2) is 14.4 Å². The van der Waals surface area contributed by atoms with Crippen LogP contribution in [0.3, 0.4) is 0 Å². The zero-order valence-corrected chi connectivity index (χ0v) is 13.5. The van der Waals surface area contributed by atoms with Crippen LogP contribution in [-0.4, -0.2) is 40.4 Å². The summed E-state index contributed by atoms with van der Waals surface area (Å²) in [4.78, 5) is 15.2. The number of aromatic nitrogens is 3. The van der Waals surface area contributed by atoms with Crippen molar-refractivity contribution in [3.8, 4) is 5.88 Å². The summed E-state index contributed by atoms with van der Waals surface area (Å²) in [6.45, 7) is 1.40. The number of nitrogens with zero attached hydrogens (tertiary/aromatic N) is 4. The van der Waals surface area contributed by atoms with Crippen molar-refractivity contribution < 1.29 is 9.13 Å². The first-order chi connectivity index (χ1) is 10.7. The van der Waals surface area contributed by atoms with Gasteiger partial charge in [-0.15, -0.1) is 0 Å². The normalized spacial score (nSPS) is 20.5. The Labute approximate surface area is 136 Å². The van der Waals surface area contributed by atoms with E-state index in [4.69, 9.17) is 16.3 Å². The predicted octanol–water partition coefficient (Wildman–Crippen LogP) is 3.29. The first kappa shape index (κ1) is 14.3. The number of pyridine rings is 1. The summed E-state index contributed by atoms with van der Waals surface area (Å²) in [7, 11) is 0. The largest absolute Gasteiger partial charge is 0.475 e. The maximum absolute atomic E-state index is 14.4. The van der Waals surface area contributed by atoms with E-state index in [2.05, 4.69) is 19.9 Å². The minimum Gasteiger partial charge on any atom is -0.475 e. The van der Waals surface area contributed by atoms with Crippen molar-refractivity contribution in [1.29, 1.82) is 0 Å². The van der Waals surface area contributed by atoms with Crippen LogP contribution in [0, 0.1) is 5.82 Å². The molecule has 0 N–H and O–H groups in total. The maximum Gasteiger partial charge on any atom is 0.228 e. The van der Waals surface area contributed by atoms with Gasteiger partial charge < -0.3 is 9.64 Å². The molecule has 0 bridgehead atoms. The molecule has 4 rings (SSSR count). The minimum atomic E-state index is -0.613. The van der Waals surface area contributed by atoms with E-state index in [1.54, 1.807) is 0 Å². The van der Waals surface area contributed by atoms with E-state index >= 15 is 0 Å². The first-order valence-corrected chi connectivity index (χ1v) is 8.79. The highest BCUT2D eigenvalue weighted by molar-refractivity contribution is 7.98. The Balaban J connectivity index is 2.05. The number of thioether (sulfide) groups is 1. The van der Waals surface area contributed by atoms with E-state index in [-0.39, 0.29) is 16.7 Å². The Morgan fingerprint density at radius 1 is 1.32 bits per heavy atom. The molecule has 0 spiro atoms. The smallest absolute Gasteiger partial charge is 0.228 e. The maximum atomic E-state index is 14.4. The van der Waals surface area contributed by atoms with Gasteiger partial charge in [-0.2, -0.15) is 4.98 Å². The zero-order chi connectivity index (χ0) is 15.3. The summed E-state index contributed by atoms with van der Waals surface area (Å²) < 4.78 is 20.2. The molecule has 1 saturated heterocycles. The first-order valence-electron chi connectivity index (χ1n) is 7.19. The van der Waals surface area contributed by atoms with E-state index < -0.39 is 5.82 Å². The van der Waals surface area contributed by atoms with E-state index in [9.17, 15) is 4.39 Å². The topological polar surface area (TPSA) is 51.1 Å². The Bertz CT molecular complexity index is 759. The number of rotatable bonds is 1. The molecular formula is C14H14ClFN4OS. The summed E-state index contributed by atoms with van der Waals surface area (Å²) in [5.41, 5.74) is 0.190. The Hall–Kier alpha value is -1.34. The highest BCUT2D eigenvalue weighted by Crippen LogP contribution is 2.40. The van der Waals surface area contributed by atoms with Crippen LogP contribution in [0.5, 0.6) is 5.88 Å². The zero-order valence-electron chi connectivity index (χ0n) is 12.0. The molecule has 4 heterocycles. The van der Waals surface area contributed by atoms with Crippen molar-refractivity contribution in [2.45, 2.75) is 30.5 Å². The van der Waals surface area contributed by atoms with Crippen molar-refractivity contribution in [2.75, 3.05) is 24.3 Å². The van der Waals surface area contributed by atoms with Gasteiger partial charge >= 0.3 is 0 Å². The van der Waals surface area contributed by atoms with Crippen LogP contribution in [0.25, 0.3) is 10.9 Å². The van der Waals surface area contributed by atoms with Crippen molar-refractivity contribution >= 4 is 40.1 Å². The van der Waals surface area contributed by atoms with Gasteiger partial charge in [0.25, 0.3) is 0 Å². The predicted molar refractivity (Wildman–Crippen MR) is 84.6 cm³/mol. The molecule has 0 aliphatic carbocycles. The molecule has 22 heavy (non-hydrogen) atoms. The van der Waals surface area contributed by atoms with Gasteiger partial charge in [0, 0.05) is 6.54 Å². The molecule has 0 aromatic carbocycles. The van der Waals surface area contributed by atoms with Crippen molar-refractivity contribution in [1.82, 2.24) is 15.0 Å². The number of hydrogen-bond donors (Lipinski definition) is 0. The van der Waals surface area contributed by atoms with Gasteiger partial charge in [0.05, 0.1) is 6.04 Å². The van der Waals surface area contributed by atoms with Crippen molar-refractivity contribution in [2.24, 2.45) is 0 Å². The molecule has 2 aromatic heterocycles. The molecule has 116 valence electrons. The fourth-order valence-corrected chi connectivity index (χ4v) is 3.63. The van der Waals surface area contributed by atoms with Gasteiger partial charge in [-0.1, -0.05) is 23.4 Å². The SMILES string of the molecule is CSc1nc2c3c(nc(Cl)c(F)c3n1)OC[C@@H]1CCCCN21. The van der Waals surface area contributed by atoms with E-state index in [1.807, 2.05) is 6.26 Å². The molecule has 0 amide bonds. The fourth-order valence-electron chi connectivity index (χ4n) is 3.11. The van der Waals surface area contributed by atoms with E-state index in [1.165, 1.54) is 11.8 Å². The molecule has 2 aliphatic heterocycles. The van der Waals surface area contributed by atoms with Crippen molar-refractivity contribution in [3.63, 3.8) is 0 Å². The summed E-state index contributed by atoms with van der Waals surface area (Å²) in [6, 6.07) is 0.234. The molecule has 0 radical (unpaired) electrons. The number of hydrogen-bond acceptors (Lipinski definition) is 6. The van der Waals surface area contributed by atoms with Gasteiger partial charge in [0.15, 0.2) is 16.1 Å². The van der Waals surface area contributed by atoms with Crippen molar-refractivity contribution in [3.05, 3.63) is 11.0 Å². The monoisotopic (exact) mass is 340 g/mol. The number of ether oxygens (including phenoxy) is 1. The average molecular weight is 341 g/mol. The third kappa shape index (κ3) is 2.10. The average Bonchev–Trinajstić information content (AvgIpc) is 2.70. The number of fused-ring (bicyclic) bond motifs is 2. The molecule has 8 heteroatoms. The molecule has 0 saturated carbocycles. The van der Waals surface area contributed by atoms with Gasteiger partial charge in [-0.05, 0) is 25.5 Å². The lowest BCUT2D eigenvalue weighted by atomic mass is 10.0. The number of halogens is 2. The Morgan fingerprint density at radius 3 is 3.00 bits per heavy atom. The molecule has 1 atom stereocenters. The number of piperidine rings is 1. The summed E-state index contributed by atoms with van der Waals surface area (Å²) in [5, 5.41) is 0.851. The lowest BCUT2D eigenvalue weighted by Crippen LogP contribution is -2.42. The lowest BCUT2D eigenvalue weighted by Gasteiger charge is -2.34. The fraction of sp³-hybridized carbons (Fsp3) is 0.500. The molecule has 0 unspecified atom stereocenters. The summed E-state index contributed by atoms with van der Waals surface area (Å²) in [5.74, 6) is 0.437. The quantitative estimate of drug-likeness (QED) is 0.451. The molecule has 2 aliphatic rings. The summed E-state index contributed by atoms with van der Waals surface area (Å²) >= 11 is 7.29. The van der Waals surface area contributed by atoms with Crippen LogP contribution in [0.4, 0.5) is 10.2 Å². The third-order valence-corrected chi connectivity index (χ3v) is 4.96. The molecule has 1 fully saturated rings. The Kier molecular flexibility index (Phi) is 3.49. The van der Waals surface area contributed by atoms with E-state index in [0.29, 0.717) is 23.0 Å². The van der Waals surface area contributed by atoms with Gasteiger partial charge in [0.2, 0.25) is 5.88 Å². The third-order valence-electron chi connectivity index (χ3n) is 4.17. The van der Waals surface area contributed by atoms with Crippen LogP contribution in [0.1, 0.15) is 19.3 Å². The van der Waals surface area contributed by atoms with Crippen LogP contribution in [0.2, 0.25) is 5.15 Å². The van der Waals surface area contributed by atoms with Gasteiger partial charge in [0.1, 0.15) is 23.3 Å². The van der Waals surface area contributed by atoms with Crippen LogP contribution >= 0.6 is 23.4 Å². The second-order valence-electron chi connectivity index (χ2n) is 5.43. The molecular weight excluding hydrogens is 327 g/mol. The minimum absolute atomic E-state index is 0.190. The highest BCUT2D eigenvalue weighted by Gasteiger charge is 2.32. The lowest BCUT2D eigenvalue weighted by molar-refractivity contribution is 0.259. The van der Waals surface area contributed by atoms with Gasteiger partial charge in [-0.3, -0.25) is 0 Å². The second kappa shape index (κ2) is 5.38.